The number of rotatable bonds is 2. The van der Waals surface area contributed by atoms with Gasteiger partial charge in [0.25, 0.3) is 0 Å². The van der Waals surface area contributed by atoms with Crippen LogP contribution in [-0.4, -0.2) is 25.2 Å². The Morgan fingerprint density at radius 3 is 2.64 bits per heavy atom. The molecule has 0 saturated carbocycles. The van der Waals surface area contributed by atoms with Gasteiger partial charge in [-0.25, -0.2) is 4.79 Å². The molecule has 60 valence electrons. The largest absolute Gasteiger partial charge is 0.477 e. The Bertz CT molecular complexity index is 267. The number of carbonyl (C=O) groups is 1. The lowest BCUT2D eigenvalue weighted by Crippen LogP contribution is -2.11. The summed E-state index contributed by atoms with van der Waals surface area (Å²) in [5.74, 6) is -0.858. The number of carboxylic acid groups (broad SMARTS) is 1. The van der Waals surface area contributed by atoms with Crippen LogP contribution in [0.1, 0.15) is 9.67 Å². The van der Waals surface area contributed by atoms with Crippen LogP contribution in [0, 0.1) is 0 Å². The van der Waals surface area contributed by atoms with Crippen LogP contribution in [0.15, 0.2) is 11.4 Å². The van der Waals surface area contributed by atoms with Gasteiger partial charge in [0.2, 0.25) is 0 Å². The second-order valence-corrected chi connectivity index (χ2v) is 3.25. The molecule has 1 aromatic rings. The van der Waals surface area contributed by atoms with E-state index in [2.05, 4.69) is 0 Å². The fraction of sp³-hybridized carbons (Fsp3) is 0.286. The van der Waals surface area contributed by atoms with Gasteiger partial charge >= 0.3 is 5.97 Å². The maximum Gasteiger partial charge on any atom is 0.348 e. The molecular weight excluding hydrogens is 162 g/mol. The predicted molar refractivity (Wildman–Crippen MR) is 45.6 cm³/mol. The van der Waals surface area contributed by atoms with E-state index in [1.807, 2.05) is 14.1 Å². The van der Waals surface area contributed by atoms with Crippen molar-refractivity contribution in [2.24, 2.45) is 0 Å². The van der Waals surface area contributed by atoms with E-state index in [1.165, 1.54) is 11.3 Å². The second kappa shape index (κ2) is 2.92. The van der Waals surface area contributed by atoms with Gasteiger partial charge in [0.15, 0.2) is 0 Å². The summed E-state index contributed by atoms with van der Waals surface area (Å²) >= 11 is 1.24. The molecule has 0 aliphatic rings. The Morgan fingerprint density at radius 2 is 2.27 bits per heavy atom. The molecule has 11 heavy (non-hydrogen) atoms. The maximum atomic E-state index is 10.6. The number of thiophene rings is 1. The van der Waals surface area contributed by atoms with Crippen LogP contribution in [0.3, 0.4) is 0 Å². The third-order valence-corrected chi connectivity index (χ3v) is 2.21. The van der Waals surface area contributed by atoms with E-state index >= 15 is 0 Å². The average Bonchev–Trinajstić information content (AvgIpc) is 2.32. The quantitative estimate of drug-likeness (QED) is 0.733. The Hall–Kier alpha value is -1.03. The van der Waals surface area contributed by atoms with E-state index in [0.717, 1.165) is 5.69 Å². The van der Waals surface area contributed by atoms with Gasteiger partial charge in [-0.2, -0.15) is 0 Å². The van der Waals surface area contributed by atoms with Crippen molar-refractivity contribution in [1.29, 1.82) is 0 Å². The number of hydrogen-bond donors (Lipinski definition) is 1. The molecule has 0 saturated heterocycles. The molecule has 0 fully saturated rings. The summed E-state index contributed by atoms with van der Waals surface area (Å²) in [6, 6.07) is 1.80. The van der Waals surface area contributed by atoms with Gasteiger partial charge in [0, 0.05) is 14.1 Å². The van der Waals surface area contributed by atoms with Crippen molar-refractivity contribution in [3.63, 3.8) is 0 Å². The standard InChI is InChI=1S/C7H9NO2S/c1-8(2)5-3-4-11-6(5)7(9)10/h3-4H,1-2H3,(H,9,10). The van der Waals surface area contributed by atoms with Gasteiger partial charge in [-0.05, 0) is 11.4 Å². The van der Waals surface area contributed by atoms with Gasteiger partial charge in [-0.15, -0.1) is 11.3 Å². The molecule has 1 aromatic heterocycles. The predicted octanol–water partition coefficient (Wildman–Crippen LogP) is 1.51. The molecule has 0 unspecified atom stereocenters. The summed E-state index contributed by atoms with van der Waals surface area (Å²) in [7, 11) is 3.66. The molecule has 0 aliphatic heterocycles. The first kappa shape index (κ1) is 8.07. The second-order valence-electron chi connectivity index (χ2n) is 2.33. The fourth-order valence-corrected chi connectivity index (χ4v) is 1.62. The molecule has 0 spiro atoms. The van der Waals surface area contributed by atoms with Crippen LogP contribution in [0.2, 0.25) is 0 Å². The Morgan fingerprint density at radius 1 is 1.64 bits per heavy atom. The maximum absolute atomic E-state index is 10.6. The van der Waals surface area contributed by atoms with Crippen molar-refractivity contribution in [1.82, 2.24) is 0 Å². The topological polar surface area (TPSA) is 40.5 Å². The molecule has 0 atom stereocenters. The zero-order valence-electron chi connectivity index (χ0n) is 6.37. The average molecular weight is 171 g/mol. The highest BCUT2D eigenvalue weighted by molar-refractivity contribution is 7.12. The highest BCUT2D eigenvalue weighted by Gasteiger charge is 2.11. The van der Waals surface area contributed by atoms with E-state index in [1.54, 1.807) is 16.3 Å². The van der Waals surface area contributed by atoms with Crippen LogP contribution in [0.4, 0.5) is 5.69 Å². The highest BCUT2D eigenvalue weighted by atomic mass is 32.1. The van der Waals surface area contributed by atoms with Crippen LogP contribution >= 0.6 is 11.3 Å². The lowest BCUT2D eigenvalue weighted by atomic mass is 10.4. The van der Waals surface area contributed by atoms with Crippen LogP contribution < -0.4 is 4.90 Å². The van der Waals surface area contributed by atoms with Crippen molar-refractivity contribution in [3.8, 4) is 0 Å². The molecule has 0 aromatic carbocycles. The van der Waals surface area contributed by atoms with Crippen LogP contribution in [0.5, 0.6) is 0 Å². The first-order chi connectivity index (χ1) is 5.13. The van der Waals surface area contributed by atoms with Crippen molar-refractivity contribution >= 4 is 23.0 Å². The summed E-state index contributed by atoms with van der Waals surface area (Å²) in [5, 5.41) is 10.5. The lowest BCUT2D eigenvalue weighted by molar-refractivity contribution is 0.0703. The SMILES string of the molecule is CN(C)c1ccsc1C(=O)O. The van der Waals surface area contributed by atoms with Gasteiger partial charge < -0.3 is 10.0 Å². The van der Waals surface area contributed by atoms with Crippen molar-refractivity contribution in [2.75, 3.05) is 19.0 Å². The number of aromatic carboxylic acids is 1. The molecule has 1 N–H and O–H groups in total. The molecule has 3 nitrogen and oxygen atoms in total. The third-order valence-electron chi connectivity index (χ3n) is 1.32. The van der Waals surface area contributed by atoms with E-state index in [0.29, 0.717) is 4.88 Å². The summed E-state index contributed by atoms with van der Waals surface area (Å²) in [5.41, 5.74) is 0.766. The number of hydrogen-bond acceptors (Lipinski definition) is 3. The monoisotopic (exact) mass is 171 g/mol. The first-order valence-corrected chi connectivity index (χ1v) is 3.99. The van der Waals surface area contributed by atoms with Gasteiger partial charge in [-0.1, -0.05) is 0 Å². The fourth-order valence-electron chi connectivity index (χ4n) is 0.815. The molecule has 0 bridgehead atoms. The van der Waals surface area contributed by atoms with Gasteiger partial charge in [0.1, 0.15) is 4.88 Å². The molecule has 4 heteroatoms. The van der Waals surface area contributed by atoms with Crippen molar-refractivity contribution in [3.05, 3.63) is 16.3 Å². The summed E-state index contributed by atoms with van der Waals surface area (Å²) < 4.78 is 0. The third kappa shape index (κ3) is 1.51. The Balaban J connectivity index is 3.06. The Labute approximate surface area is 68.9 Å². The highest BCUT2D eigenvalue weighted by Crippen LogP contribution is 2.23. The summed E-state index contributed by atoms with van der Waals surface area (Å²) in [4.78, 5) is 12.8. The Kier molecular flexibility index (Phi) is 2.14. The zero-order valence-corrected chi connectivity index (χ0v) is 7.18. The first-order valence-electron chi connectivity index (χ1n) is 3.11. The minimum Gasteiger partial charge on any atom is -0.477 e. The molecule has 0 aliphatic carbocycles. The van der Waals surface area contributed by atoms with Crippen molar-refractivity contribution in [2.45, 2.75) is 0 Å². The van der Waals surface area contributed by atoms with Crippen LogP contribution in [0.25, 0.3) is 0 Å². The smallest absolute Gasteiger partial charge is 0.348 e. The molecule has 1 heterocycles. The van der Waals surface area contributed by atoms with Gasteiger partial charge in [-0.3, -0.25) is 0 Å². The summed E-state index contributed by atoms with van der Waals surface area (Å²) in [6.07, 6.45) is 0. The van der Waals surface area contributed by atoms with E-state index in [-0.39, 0.29) is 0 Å². The number of nitrogens with zero attached hydrogens (tertiary/aromatic N) is 1. The minimum atomic E-state index is -0.858. The number of carboxylic acids is 1. The summed E-state index contributed by atoms with van der Waals surface area (Å²) in [6.45, 7) is 0. The molecular formula is C7H9NO2S. The van der Waals surface area contributed by atoms with E-state index < -0.39 is 5.97 Å². The van der Waals surface area contributed by atoms with Gasteiger partial charge in [0.05, 0.1) is 5.69 Å². The minimum absolute atomic E-state index is 0.398. The van der Waals surface area contributed by atoms with E-state index in [4.69, 9.17) is 5.11 Å². The van der Waals surface area contributed by atoms with Crippen LogP contribution in [-0.2, 0) is 0 Å². The van der Waals surface area contributed by atoms with E-state index in [9.17, 15) is 4.79 Å². The lowest BCUT2D eigenvalue weighted by Gasteiger charge is -2.10. The molecule has 0 amide bonds. The number of anilines is 1. The zero-order chi connectivity index (χ0) is 8.43. The molecule has 1 rings (SSSR count). The normalized spacial score (nSPS) is 9.64. The molecule has 0 radical (unpaired) electrons. The van der Waals surface area contributed by atoms with Crippen molar-refractivity contribution < 1.29 is 9.90 Å².